The van der Waals surface area contributed by atoms with Crippen LogP contribution in [0.2, 0.25) is 0 Å². The second kappa shape index (κ2) is 5.09. The number of sulfonamides is 1. The van der Waals surface area contributed by atoms with E-state index < -0.39 is 37.8 Å². The lowest BCUT2D eigenvalue weighted by Gasteiger charge is -2.30. The van der Waals surface area contributed by atoms with Gasteiger partial charge in [-0.2, -0.15) is 9.57 Å². The highest BCUT2D eigenvalue weighted by Crippen LogP contribution is 2.35. The highest BCUT2D eigenvalue weighted by atomic mass is 32.2. The number of nitriles is 1. The number of hydrogen-bond acceptors (Lipinski definition) is 4. The van der Waals surface area contributed by atoms with Crippen molar-refractivity contribution in [2.75, 3.05) is 6.54 Å². The van der Waals surface area contributed by atoms with E-state index in [-0.39, 0.29) is 13.0 Å². The summed E-state index contributed by atoms with van der Waals surface area (Å²) in [7, 11) is -4.27. The van der Waals surface area contributed by atoms with Crippen LogP contribution < -0.4 is 0 Å². The molecule has 0 aromatic heterocycles. The van der Waals surface area contributed by atoms with Crippen LogP contribution >= 0.6 is 0 Å². The molecule has 1 aliphatic heterocycles. The Hall–Kier alpha value is -1.98. The van der Waals surface area contributed by atoms with E-state index in [4.69, 9.17) is 5.26 Å². The predicted octanol–water partition coefficient (Wildman–Crippen LogP) is 1.33. The summed E-state index contributed by atoms with van der Waals surface area (Å²) in [6.45, 7) is 1.33. The van der Waals surface area contributed by atoms with Crippen molar-refractivity contribution in [2.45, 2.75) is 30.2 Å². The maximum absolute atomic E-state index is 13.6. The van der Waals surface area contributed by atoms with E-state index in [1.165, 1.54) is 19.1 Å². The molecular weight excluding hydrogens is 299 g/mol. The van der Waals surface area contributed by atoms with E-state index in [1.54, 1.807) is 0 Å². The number of aliphatic carboxylic acids is 1. The second-order valence-electron chi connectivity index (χ2n) is 4.98. The average Bonchev–Trinajstić information content (AvgIpc) is 2.82. The Morgan fingerprint density at radius 2 is 2.19 bits per heavy atom. The van der Waals surface area contributed by atoms with Crippen molar-refractivity contribution in [1.29, 1.82) is 5.26 Å². The van der Waals surface area contributed by atoms with Gasteiger partial charge in [-0.05, 0) is 31.9 Å². The van der Waals surface area contributed by atoms with E-state index in [2.05, 4.69) is 0 Å². The van der Waals surface area contributed by atoms with Gasteiger partial charge in [0.1, 0.15) is 27.9 Å². The lowest BCUT2D eigenvalue weighted by Crippen LogP contribution is -2.50. The maximum atomic E-state index is 13.6. The number of benzene rings is 1. The Bertz CT molecular complexity index is 741. The van der Waals surface area contributed by atoms with Crippen LogP contribution in [0.4, 0.5) is 4.39 Å². The van der Waals surface area contributed by atoms with Crippen molar-refractivity contribution < 1.29 is 22.7 Å². The van der Waals surface area contributed by atoms with Crippen LogP contribution in [0, 0.1) is 17.1 Å². The molecule has 0 spiro atoms. The molecule has 1 heterocycles. The fourth-order valence-electron chi connectivity index (χ4n) is 2.48. The molecule has 1 fully saturated rings. The van der Waals surface area contributed by atoms with Gasteiger partial charge in [-0.1, -0.05) is 6.07 Å². The molecule has 21 heavy (non-hydrogen) atoms. The highest BCUT2D eigenvalue weighted by molar-refractivity contribution is 7.89. The number of halogens is 1. The molecule has 8 heteroatoms. The number of carboxylic acid groups (broad SMARTS) is 1. The van der Waals surface area contributed by atoms with Crippen LogP contribution in [-0.4, -0.2) is 35.9 Å². The summed E-state index contributed by atoms with van der Waals surface area (Å²) >= 11 is 0. The maximum Gasteiger partial charge on any atom is 0.324 e. The van der Waals surface area contributed by atoms with E-state index >= 15 is 0 Å². The number of nitrogens with zero attached hydrogens (tertiary/aromatic N) is 2. The Kier molecular flexibility index (Phi) is 3.74. The normalized spacial score (nSPS) is 22.9. The van der Waals surface area contributed by atoms with Gasteiger partial charge in [0.25, 0.3) is 0 Å². The van der Waals surface area contributed by atoms with Gasteiger partial charge in [0.15, 0.2) is 0 Å². The van der Waals surface area contributed by atoms with Crippen LogP contribution in [0.3, 0.4) is 0 Å². The molecule has 6 nitrogen and oxygen atoms in total. The smallest absolute Gasteiger partial charge is 0.324 e. The third kappa shape index (κ3) is 2.28. The van der Waals surface area contributed by atoms with Crippen molar-refractivity contribution >= 4 is 16.0 Å². The summed E-state index contributed by atoms with van der Waals surface area (Å²) in [5, 5.41) is 18.2. The SMILES string of the molecule is CC1(C(=O)O)CCCN1S(=O)(=O)c1cccc(F)c1C#N. The van der Waals surface area contributed by atoms with E-state index in [9.17, 15) is 22.7 Å². The number of carbonyl (C=O) groups is 1. The molecule has 0 amide bonds. The van der Waals surface area contributed by atoms with Crippen molar-refractivity contribution in [3.8, 4) is 6.07 Å². The first-order valence-corrected chi connectivity index (χ1v) is 7.64. The first-order valence-electron chi connectivity index (χ1n) is 6.20. The third-order valence-electron chi connectivity index (χ3n) is 3.69. The lowest BCUT2D eigenvalue weighted by atomic mass is 10.0. The molecule has 1 aromatic carbocycles. The van der Waals surface area contributed by atoms with Gasteiger partial charge in [0, 0.05) is 6.54 Å². The van der Waals surface area contributed by atoms with Gasteiger partial charge in [-0.15, -0.1) is 0 Å². The molecule has 1 saturated heterocycles. The number of hydrogen-bond donors (Lipinski definition) is 1. The van der Waals surface area contributed by atoms with Gasteiger partial charge in [0.2, 0.25) is 10.0 Å². The topological polar surface area (TPSA) is 98.5 Å². The van der Waals surface area contributed by atoms with Gasteiger partial charge >= 0.3 is 5.97 Å². The molecule has 1 aliphatic rings. The fourth-order valence-corrected chi connectivity index (χ4v) is 4.44. The molecule has 0 saturated carbocycles. The standard InChI is InChI=1S/C13H13FN2O4S/c1-13(12(17)18)6-3-7-16(13)21(19,20)11-5-2-4-10(14)9(11)8-15/h2,4-5H,3,6-7H2,1H3,(H,17,18). The average molecular weight is 312 g/mol. The van der Waals surface area contributed by atoms with Gasteiger partial charge in [0.05, 0.1) is 0 Å². The summed E-state index contributed by atoms with van der Waals surface area (Å²) in [5.41, 5.74) is -2.19. The van der Waals surface area contributed by atoms with Crippen molar-refractivity contribution in [1.82, 2.24) is 4.31 Å². The van der Waals surface area contributed by atoms with Gasteiger partial charge in [-0.25, -0.2) is 12.8 Å². The van der Waals surface area contributed by atoms with Crippen LogP contribution in [0.5, 0.6) is 0 Å². The molecule has 0 bridgehead atoms. The zero-order valence-electron chi connectivity index (χ0n) is 11.2. The van der Waals surface area contributed by atoms with E-state index in [0.29, 0.717) is 6.42 Å². The minimum absolute atomic E-state index is 0.0204. The molecule has 1 N–H and O–H groups in total. The van der Waals surface area contributed by atoms with Crippen molar-refractivity contribution in [3.63, 3.8) is 0 Å². The highest BCUT2D eigenvalue weighted by Gasteiger charge is 2.50. The van der Waals surface area contributed by atoms with Crippen LogP contribution in [0.15, 0.2) is 23.1 Å². The molecule has 0 radical (unpaired) electrons. The molecule has 1 unspecified atom stereocenters. The minimum Gasteiger partial charge on any atom is -0.480 e. The molecule has 112 valence electrons. The number of carboxylic acids is 1. The Morgan fingerprint density at radius 1 is 1.52 bits per heavy atom. The predicted molar refractivity (Wildman–Crippen MR) is 70.3 cm³/mol. The van der Waals surface area contributed by atoms with E-state index in [0.717, 1.165) is 16.4 Å². The van der Waals surface area contributed by atoms with Crippen LogP contribution in [0.25, 0.3) is 0 Å². The Morgan fingerprint density at radius 3 is 2.76 bits per heavy atom. The van der Waals surface area contributed by atoms with Crippen LogP contribution in [-0.2, 0) is 14.8 Å². The summed E-state index contributed by atoms with van der Waals surface area (Å²) in [4.78, 5) is 10.9. The first-order chi connectivity index (χ1) is 9.75. The monoisotopic (exact) mass is 312 g/mol. The largest absolute Gasteiger partial charge is 0.480 e. The molecular formula is C13H13FN2O4S. The summed E-state index contributed by atoms with van der Waals surface area (Å²) in [6.07, 6.45) is 0.554. The third-order valence-corrected chi connectivity index (χ3v) is 5.75. The van der Waals surface area contributed by atoms with E-state index in [1.807, 2.05) is 0 Å². The zero-order valence-corrected chi connectivity index (χ0v) is 12.0. The molecule has 2 rings (SSSR count). The Balaban J connectivity index is 2.62. The number of rotatable bonds is 3. The van der Waals surface area contributed by atoms with Crippen molar-refractivity contribution in [2.24, 2.45) is 0 Å². The summed E-state index contributed by atoms with van der Waals surface area (Å²) in [5.74, 6) is -2.21. The molecule has 0 aliphatic carbocycles. The fraction of sp³-hybridized carbons (Fsp3) is 0.385. The lowest BCUT2D eigenvalue weighted by molar-refractivity contribution is -0.146. The minimum atomic E-state index is -4.27. The van der Waals surface area contributed by atoms with Crippen molar-refractivity contribution in [3.05, 3.63) is 29.6 Å². The zero-order chi connectivity index (χ0) is 15.8. The van der Waals surface area contributed by atoms with Gasteiger partial charge in [-0.3, -0.25) is 4.79 Å². The summed E-state index contributed by atoms with van der Waals surface area (Å²) in [6, 6.07) is 4.79. The Labute approximate surface area is 121 Å². The second-order valence-corrected chi connectivity index (χ2v) is 6.82. The van der Waals surface area contributed by atoms with Gasteiger partial charge < -0.3 is 5.11 Å². The molecule has 1 atom stereocenters. The van der Waals surface area contributed by atoms with Crippen LogP contribution in [0.1, 0.15) is 25.3 Å². The quantitative estimate of drug-likeness (QED) is 0.907. The molecule has 1 aromatic rings. The first kappa shape index (κ1) is 15.4. The summed E-state index contributed by atoms with van der Waals surface area (Å²) < 4.78 is 39.7.